The predicted octanol–water partition coefficient (Wildman–Crippen LogP) is 5.38. The number of hydrogen-bond acceptors (Lipinski definition) is 4. The van der Waals surface area contributed by atoms with Crippen molar-refractivity contribution in [1.82, 2.24) is 0 Å². The molecule has 0 fully saturated rings. The fourth-order valence-electron chi connectivity index (χ4n) is 2.93. The molecule has 142 valence electrons. The third-order valence-corrected chi connectivity index (χ3v) is 7.00. The van der Waals surface area contributed by atoms with E-state index in [2.05, 4.69) is 86.9 Å². The lowest BCUT2D eigenvalue weighted by molar-refractivity contribution is -0.696. The van der Waals surface area contributed by atoms with Gasteiger partial charge in [-0.05, 0) is 30.2 Å². The van der Waals surface area contributed by atoms with Crippen molar-refractivity contribution in [2.75, 3.05) is 21.6 Å². The number of rotatable bonds is 8. The van der Waals surface area contributed by atoms with Crippen LogP contribution in [0.2, 0.25) is 0 Å². The van der Waals surface area contributed by atoms with Crippen molar-refractivity contribution >= 4 is 63.0 Å². The standard InChI is InChI=1S/C21H24IN2OS2/c1-17(25)26-15-5-12-24-19-6-2-3-7-20(19)27-21(24)16-18-8-13-23(14-9-18)11-4-10-22/h2-3,6-9,13-14,16H,4-5,10-12,15H2,1H3/q+1. The van der Waals surface area contributed by atoms with Gasteiger partial charge in [0.05, 0.1) is 10.7 Å². The van der Waals surface area contributed by atoms with Crippen LogP contribution in [0.4, 0.5) is 5.69 Å². The van der Waals surface area contributed by atoms with Gasteiger partial charge in [-0.15, -0.1) is 0 Å². The fraction of sp³-hybridized carbons (Fsp3) is 0.333. The summed E-state index contributed by atoms with van der Waals surface area (Å²) in [4.78, 5) is 14.9. The second kappa shape index (κ2) is 10.5. The molecule has 2 heterocycles. The Morgan fingerprint density at radius 1 is 1.22 bits per heavy atom. The Balaban J connectivity index is 1.73. The van der Waals surface area contributed by atoms with E-state index in [4.69, 9.17) is 0 Å². The van der Waals surface area contributed by atoms with Crippen LogP contribution in [-0.2, 0) is 11.3 Å². The Hall–Kier alpha value is -0.990. The molecule has 0 saturated heterocycles. The summed E-state index contributed by atoms with van der Waals surface area (Å²) in [7, 11) is 0. The van der Waals surface area contributed by atoms with Gasteiger partial charge in [0.15, 0.2) is 17.5 Å². The number of anilines is 1. The highest BCUT2D eigenvalue weighted by Gasteiger charge is 2.24. The number of alkyl halides is 1. The minimum atomic E-state index is 0.196. The number of hydrogen-bond donors (Lipinski definition) is 0. The predicted molar refractivity (Wildman–Crippen MR) is 126 cm³/mol. The van der Waals surface area contributed by atoms with Crippen LogP contribution in [0.5, 0.6) is 0 Å². The van der Waals surface area contributed by atoms with E-state index in [1.807, 2.05) is 11.8 Å². The number of carbonyl (C=O) groups excluding carboxylic acids is 1. The maximum atomic E-state index is 11.2. The first-order valence-corrected chi connectivity index (χ1v) is 12.4. The summed E-state index contributed by atoms with van der Waals surface area (Å²) in [6, 6.07) is 12.9. The molecule has 0 saturated carbocycles. The Bertz CT molecular complexity index is 808. The van der Waals surface area contributed by atoms with E-state index >= 15 is 0 Å². The van der Waals surface area contributed by atoms with Gasteiger partial charge in [-0.3, -0.25) is 4.79 Å². The Kier molecular flexibility index (Phi) is 8.08. The normalized spacial score (nSPS) is 14.6. The lowest BCUT2D eigenvalue weighted by atomic mass is 10.2. The van der Waals surface area contributed by atoms with E-state index in [1.165, 1.54) is 43.8 Å². The minimum absolute atomic E-state index is 0.196. The maximum Gasteiger partial charge on any atom is 0.185 e. The number of para-hydroxylation sites is 1. The molecule has 0 spiro atoms. The molecule has 0 aliphatic carbocycles. The third-order valence-electron chi connectivity index (χ3n) is 4.22. The first-order valence-electron chi connectivity index (χ1n) is 9.12. The van der Waals surface area contributed by atoms with Crippen LogP contribution in [0.1, 0.15) is 25.3 Å². The smallest absolute Gasteiger partial charge is 0.185 e. The average Bonchev–Trinajstić information content (AvgIpc) is 3.01. The quantitative estimate of drug-likeness (QED) is 0.206. The second-order valence-electron chi connectivity index (χ2n) is 6.31. The molecule has 1 aliphatic rings. The topological polar surface area (TPSA) is 24.2 Å². The molecule has 0 N–H and O–H groups in total. The zero-order valence-corrected chi connectivity index (χ0v) is 19.2. The van der Waals surface area contributed by atoms with Gasteiger partial charge in [0.25, 0.3) is 0 Å². The molecule has 1 aliphatic heterocycles. The molecule has 0 amide bonds. The van der Waals surface area contributed by atoms with Crippen LogP contribution in [0.15, 0.2) is 58.7 Å². The van der Waals surface area contributed by atoms with Crippen LogP contribution in [0.3, 0.4) is 0 Å². The fourth-order valence-corrected chi connectivity index (χ4v) is 4.98. The minimum Gasteiger partial charge on any atom is -0.335 e. The lowest BCUT2D eigenvalue weighted by Gasteiger charge is -2.20. The Morgan fingerprint density at radius 2 is 2.00 bits per heavy atom. The van der Waals surface area contributed by atoms with Gasteiger partial charge < -0.3 is 4.90 Å². The van der Waals surface area contributed by atoms with Gasteiger partial charge in [0.2, 0.25) is 0 Å². The number of halogens is 1. The van der Waals surface area contributed by atoms with E-state index in [1.54, 1.807) is 6.92 Å². The molecular weight excluding hydrogens is 487 g/mol. The first kappa shape index (κ1) is 20.7. The van der Waals surface area contributed by atoms with Crippen molar-refractivity contribution in [1.29, 1.82) is 0 Å². The van der Waals surface area contributed by atoms with Crippen molar-refractivity contribution in [2.45, 2.75) is 31.2 Å². The number of thioether (sulfide) groups is 2. The monoisotopic (exact) mass is 511 g/mol. The summed E-state index contributed by atoms with van der Waals surface area (Å²) in [6.45, 7) is 3.64. The summed E-state index contributed by atoms with van der Waals surface area (Å²) in [5.41, 5.74) is 2.49. The van der Waals surface area contributed by atoms with Gasteiger partial charge >= 0.3 is 0 Å². The third kappa shape index (κ3) is 5.99. The van der Waals surface area contributed by atoms with Crippen LogP contribution < -0.4 is 9.47 Å². The van der Waals surface area contributed by atoms with Crippen molar-refractivity contribution in [2.24, 2.45) is 0 Å². The number of pyridine rings is 1. The van der Waals surface area contributed by atoms with Crippen LogP contribution >= 0.6 is 46.1 Å². The average molecular weight is 511 g/mol. The second-order valence-corrected chi connectivity index (χ2v) is 9.72. The number of fused-ring (bicyclic) bond motifs is 1. The van der Waals surface area contributed by atoms with Gasteiger partial charge in [0.1, 0.15) is 6.54 Å². The SMILES string of the molecule is CC(=O)SCCCN1/C(=C/c2cc[n+](CCCI)cc2)Sc2ccccc21. The zero-order valence-electron chi connectivity index (χ0n) is 15.4. The van der Waals surface area contributed by atoms with Crippen molar-refractivity contribution in [3.8, 4) is 0 Å². The molecule has 3 rings (SSSR count). The Morgan fingerprint density at radius 3 is 2.74 bits per heavy atom. The number of carbonyl (C=O) groups is 1. The summed E-state index contributed by atoms with van der Waals surface area (Å²) < 4.78 is 3.43. The molecule has 1 aromatic heterocycles. The molecule has 0 atom stereocenters. The molecule has 6 heteroatoms. The molecule has 27 heavy (non-hydrogen) atoms. The van der Waals surface area contributed by atoms with Gasteiger partial charge in [-0.2, -0.15) is 0 Å². The zero-order chi connectivity index (χ0) is 19.1. The van der Waals surface area contributed by atoms with E-state index < -0.39 is 0 Å². The highest BCUT2D eigenvalue weighted by Crippen LogP contribution is 2.46. The molecule has 2 aromatic rings. The van der Waals surface area contributed by atoms with E-state index in [-0.39, 0.29) is 5.12 Å². The number of nitrogens with zero attached hydrogens (tertiary/aromatic N) is 2. The highest BCUT2D eigenvalue weighted by molar-refractivity contribution is 14.1. The summed E-state index contributed by atoms with van der Waals surface area (Å²) in [6.07, 6.45) is 8.79. The molecular formula is C21H24IN2OS2+. The summed E-state index contributed by atoms with van der Waals surface area (Å²) >= 11 is 5.66. The lowest BCUT2D eigenvalue weighted by Crippen LogP contribution is -2.32. The number of benzene rings is 1. The highest BCUT2D eigenvalue weighted by atomic mass is 127. The van der Waals surface area contributed by atoms with Crippen molar-refractivity contribution < 1.29 is 9.36 Å². The van der Waals surface area contributed by atoms with Crippen LogP contribution in [0, 0.1) is 0 Å². The molecule has 1 aromatic carbocycles. The van der Waals surface area contributed by atoms with Crippen molar-refractivity contribution in [3.63, 3.8) is 0 Å². The largest absolute Gasteiger partial charge is 0.335 e. The number of aryl methyl sites for hydroxylation is 1. The van der Waals surface area contributed by atoms with E-state index in [9.17, 15) is 4.79 Å². The van der Waals surface area contributed by atoms with E-state index in [0.717, 1.165) is 25.3 Å². The molecule has 0 radical (unpaired) electrons. The van der Waals surface area contributed by atoms with Gasteiger partial charge in [-0.25, -0.2) is 4.57 Å². The van der Waals surface area contributed by atoms with E-state index in [0.29, 0.717) is 0 Å². The Labute approximate surface area is 183 Å². The maximum absolute atomic E-state index is 11.2. The number of aromatic nitrogens is 1. The van der Waals surface area contributed by atoms with Crippen LogP contribution in [-0.4, -0.2) is 21.8 Å². The van der Waals surface area contributed by atoms with Crippen LogP contribution in [0.25, 0.3) is 6.08 Å². The molecule has 3 nitrogen and oxygen atoms in total. The summed E-state index contributed by atoms with van der Waals surface area (Å²) in [5.74, 6) is 0.869. The van der Waals surface area contributed by atoms with Gasteiger partial charge in [-0.1, -0.05) is 58.2 Å². The van der Waals surface area contributed by atoms with Gasteiger partial charge in [0, 0.05) is 47.1 Å². The molecule has 0 bridgehead atoms. The van der Waals surface area contributed by atoms with Crippen molar-refractivity contribution in [3.05, 3.63) is 59.4 Å². The summed E-state index contributed by atoms with van der Waals surface area (Å²) in [5, 5.41) is 1.45. The molecule has 0 unspecified atom stereocenters. The first-order chi connectivity index (χ1) is 13.2.